The molecule has 1 heterocycles. The van der Waals surface area contributed by atoms with Gasteiger partial charge in [0, 0.05) is 16.9 Å². The van der Waals surface area contributed by atoms with Gasteiger partial charge in [0.2, 0.25) is 15.9 Å². The minimum absolute atomic E-state index is 0.0599. The van der Waals surface area contributed by atoms with E-state index in [0.29, 0.717) is 10.8 Å². The molecule has 3 N–H and O–H groups in total. The highest BCUT2D eigenvalue weighted by Crippen LogP contribution is 2.30. The zero-order valence-electron chi connectivity index (χ0n) is 17.8. The maximum absolute atomic E-state index is 12.6. The molecule has 33 heavy (non-hydrogen) atoms. The molecule has 0 saturated heterocycles. The quantitative estimate of drug-likeness (QED) is 0.387. The van der Waals surface area contributed by atoms with Crippen LogP contribution in [0.3, 0.4) is 0 Å². The van der Waals surface area contributed by atoms with E-state index in [-0.39, 0.29) is 16.6 Å². The van der Waals surface area contributed by atoms with Gasteiger partial charge in [-0.05, 0) is 37.3 Å². The molecule has 0 saturated carbocycles. The average Bonchev–Trinajstić information content (AvgIpc) is 3.22. The lowest BCUT2D eigenvalue weighted by atomic mass is 10.1. The van der Waals surface area contributed by atoms with Crippen molar-refractivity contribution >= 4 is 33.4 Å². The molecule has 4 aromatic rings. The number of anilines is 1. The highest BCUT2D eigenvalue weighted by molar-refractivity contribution is 7.99. The van der Waals surface area contributed by atoms with Crippen molar-refractivity contribution < 1.29 is 13.2 Å². The topological polar surface area (TPSA) is 107 Å². The number of thioether (sulfide) groups is 1. The van der Waals surface area contributed by atoms with E-state index in [9.17, 15) is 13.2 Å². The fourth-order valence-electron chi connectivity index (χ4n) is 3.27. The second kappa shape index (κ2) is 9.62. The summed E-state index contributed by atoms with van der Waals surface area (Å²) < 4.78 is 25.1. The number of aryl methyl sites for hydroxylation is 1. The Labute approximate surface area is 196 Å². The predicted molar refractivity (Wildman–Crippen MR) is 131 cm³/mol. The number of hydrogen-bond donors (Lipinski definition) is 2. The molecule has 1 aromatic heterocycles. The van der Waals surface area contributed by atoms with Crippen molar-refractivity contribution in [3.63, 3.8) is 0 Å². The number of aromatic nitrogens is 2. The van der Waals surface area contributed by atoms with Gasteiger partial charge in [-0.3, -0.25) is 9.36 Å². The maximum Gasteiger partial charge on any atom is 0.238 e. The van der Waals surface area contributed by atoms with Crippen molar-refractivity contribution in [1.29, 1.82) is 0 Å². The van der Waals surface area contributed by atoms with Gasteiger partial charge in [0.15, 0.2) is 5.16 Å². The van der Waals surface area contributed by atoms with E-state index in [2.05, 4.69) is 10.3 Å². The molecule has 1 amide bonds. The molecule has 0 aliphatic heterocycles. The molecule has 7 nitrogen and oxygen atoms in total. The Morgan fingerprint density at radius 2 is 1.76 bits per heavy atom. The third kappa shape index (κ3) is 5.51. The maximum atomic E-state index is 12.6. The fraction of sp³-hybridized carbons (Fsp3) is 0.0833. The average molecular weight is 479 g/mol. The molecule has 0 fully saturated rings. The number of primary sulfonamides is 1. The predicted octanol–water partition coefficient (Wildman–Crippen LogP) is 4.23. The van der Waals surface area contributed by atoms with Crippen LogP contribution >= 0.6 is 11.8 Å². The van der Waals surface area contributed by atoms with Crippen LogP contribution < -0.4 is 10.5 Å². The van der Waals surface area contributed by atoms with Crippen LogP contribution in [0.4, 0.5) is 5.69 Å². The van der Waals surface area contributed by atoms with Gasteiger partial charge in [0.25, 0.3) is 0 Å². The third-order valence-corrected chi connectivity index (χ3v) is 6.73. The summed E-state index contributed by atoms with van der Waals surface area (Å²) in [6.45, 7) is 2.04. The molecule has 0 unspecified atom stereocenters. The molecular weight excluding hydrogens is 456 g/mol. The summed E-state index contributed by atoms with van der Waals surface area (Å²) in [6, 6.07) is 23.9. The van der Waals surface area contributed by atoms with E-state index in [1.165, 1.54) is 35.5 Å². The molecule has 0 atom stereocenters. The Kier molecular flexibility index (Phi) is 6.64. The van der Waals surface area contributed by atoms with Crippen molar-refractivity contribution in [2.45, 2.75) is 17.0 Å². The van der Waals surface area contributed by atoms with E-state index in [1.807, 2.05) is 66.1 Å². The van der Waals surface area contributed by atoms with Crippen molar-refractivity contribution in [3.8, 4) is 16.9 Å². The van der Waals surface area contributed by atoms with Gasteiger partial charge in [-0.25, -0.2) is 18.5 Å². The summed E-state index contributed by atoms with van der Waals surface area (Å²) in [5.41, 5.74) is 4.41. The van der Waals surface area contributed by atoms with Crippen LogP contribution in [0.15, 0.2) is 95.1 Å². The van der Waals surface area contributed by atoms with Gasteiger partial charge < -0.3 is 5.32 Å². The summed E-state index contributed by atoms with van der Waals surface area (Å²) in [5, 5.41) is 8.55. The number of sulfonamides is 1. The normalized spacial score (nSPS) is 11.3. The fourth-order valence-corrected chi connectivity index (χ4v) is 4.62. The van der Waals surface area contributed by atoms with Gasteiger partial charge in [-0.15, -0.1) is 0 Å². The molecule has 0 radical (unpaired) electrons. The minimum atomic E-state index is -3.85. The van der Waals surface area contributed by atoms with Crippen molar-refractivity contribution in [2.75, 3.05) is 11.1 Å². The van der Waals surface area contributed by atoms with Crippen LogP contribution in [0.1, 0.15) is 5.56 Å². The van der Waals surface area contributed by atoms with Crippen molar-refractivity contribution in [3.05, 3.63) is 90.6 Å². The molecule has 0 aliphatic carbocycles. The molecule has 0 spiro atoms. The number of imidazole rings is 1. The van der Waals surface area contributed by atoms with Gasteiger partial charge >= 0.3 is 0 Å². The summed E-state index contributed by atoms with van der Waals surface area (Å²) in [7, 11) is -3.85. The molecule has 3 aromatic carbocycles. The van der Waals surface area contributed by atoms with E-state index in [4.69, 9.17) is 5.14 Å². The summed E-state index contributed by atoms with van der Waals surface area (Å²) in [5.74, 6) is -0.192. The standard InChI is InChI=1S/C24H22N4O3S2/c1-17-10-12-18(13-11-17)22-15-26-24(28(22)20-7-3-2-4-8-20)32-16-23(29)27-19-6-5-9-21(14-19)33(25,30)31/h2-15H,16H2,1H3,(H,27,29)(H2,25,30,31). The van der Waals surface area contributed by atoms with Crippen LogP contribution in [0, 0.1) is 6.92 Å². The molecule has 168 valence electrons. The number of amides is 1. The summed E-state index contributed by atoms with van der Waals surface area (Å²) in [6.07, 6.45) is 1.80. The lowest BCUT2D eigenvalue weighted by molar-refractivity contribution is -0.113. The molecule has 0 bridgehead atoms. The zero-order valence-corrected chi connectivity index (χ0v) is 19.4. The summed E-state index contributed by atoms with van der Waals surface area (Å²) in [4.78, 5) is 17.1. The second-order valence-corrected chi connectivity index (χ2v) is 9.88. The first-order valence-electron chi connectivity index (χ1n) is 10.1. The van der Waals surface area contributed by atoms with Gasteiger partial charge in [0.1, 0.15) is 0 Å². The number of nitrogens with two attached hydrogens (primary N) is 1. The first kappa shape index (κ1) is 22.8. The highest BCUT2D eigenvalue weighted by Gasteiger charge is 2.16. The Balaban J connectivity index is 1.56. The van der Waals surface area contributed by atoms with Crippen molar-refractivity contribution in [2.24, 2.45) is 5.14 Å². The number of hydrogen-bond acceptors (Lipinski definition) is 5. The minimum Gasteiger partial charge on any atom is -0.325 e. The first-order chi connectivity index (χ1) is 15.8. The van der Waals surface area contributed by atoms with E-state index >= 15 is 0 Å². The van der Waals surface area contributed by atoms with Crippen LogP contribution in [0.25, 0.3) is 16.9 Å². The highest BCUT2D eigenvalue weighted by atomic mass is 32.2. The van der Waals surface area contributed by atoms with Crippen LogP contribution in [-0.2, 0) is 14.8 Å². The Morgan fingerprint density at radius 3 is 2.45 bits per heavy atom. The molecule has 9 heteroatoms. The van der Waals surface area contributed by atoms with Crippen LogP contribution in [0.2, 0.25) is 0 Å². The number of nitrogens with one attached hydrogen (secondary N) is 1. The lowest BCUT2D eigenvalue weighted by Gasteiger charge is -2.12. The smallest absolute Gasteiger partial charge is 0.238 e. The molecule has 4 rings (SSSR count). The number of nitrogens with zero attached hydrogens (tertiary/aromatic N) is 2. The number of para-hydroxylation sites is 1. The van der Waals surface area contributed by atoms with Crippen LogP contribution in [0.5, 0.6) is 0 Å². The van der Waals surface area contributed by atoms with E-state index in [0.717, 1.165) is 16.9 Å². The van der Waals surface area contributed by atoms with E-state index < -0.39 is 10.0 Å². The lowest BCUT2D eigenvalue weighted by Crippen LogP contribution is -2.16. The SMILES string of the molecule is Cc1ccc(-c2cnc(SCC(=O)Nc3cccc(S(N)(=O)=O)c3)n2-c2ccccc2)cc1. The Bertz CT molecular complexity index is 1380. The molecular formula is C24H22N4O3S2. The third-order valence-electron chi connectivity index (χ3n) is 4.87. The number of rotatable bonds is 7. The number of benzene rings is 3. The Morgan fingerprint density at radius 1 is 1.03 bits per heavy atom. The van der Waals surface area contributed by atoms with E-state index in [1.54, 1.807) is 12.3 Å². The van der Waals surface area contributed by atoms with Gasteiger partial charge in [-0.1, -0.05) is 65.9 Å². The van der Waals surface area contributed by atoms with Crippen LogP contribution in [-0.4, -0.2) is 29.6 Å². The number of carbonyl (C=O) groups excluding carboxylic acids is 1. The monoisotopic (exact) mass is 478 g/mol. The first-order valence-corrected chi connectivity index (χ1v) is 12.6. The summed E-state index contributed by atoms with van der Waals surface area (Å²) >= 11 is 1.29. The second-order valence-electron chi connectivity index (χ2n) is 7.37. The van der Waals surface area contributed by atoms with Gasteiger partial charge in [0.05, 0.1) is 22.5 Å². The number of carbonyl (C=O) groups is 1. The van der Waals surface area contributed by atoms with Gasteiger partial charge in [-0.2, -0.15) is 0 Å². The van der Waals surface area contributed by atoms with Crippen molar-refractivity contribution in [1.82, 2.24) is 9.55 Å². The molecule has 0 aliphatic rings. The largest absolute Gasteiger partial charge is 0.325 e. The zero-order chi connectivity index (χ0) is 23.4. The Hall–Kier alpha value is -3.40.